The molecular weight excluding hydrogens is 242 g/mol. The normalized spacial score (nSPS) is 19.8. The molecule has 0 aliphatic carbocycles. The van der Waals surface area contributed by atoms with E-state index in [1.165, 1.54) is 0 Å². The molecule has 5 heteroatoms. The van der Waals surface area contributed by atoms with Gasteiger partial charge in [0.1, 0.15) is 6.04 Å². The molecule has 0 aromatic heterocycles. The smallest absolute Gasteiger partial charge is 0.242 e. The van der Waals surface area contributed by atoms with Crippen molar-refractivity contribution in [3.05, 3.63) is 35.9 Å². The second-order valence-corrected chi connectivity index (χ2v) is 4.76. The van der Waals surface area contributed by atoms with Crippen LogP contribution in [0.3, 0.4) is 0 Å². The molecule has 4 N–H and O–H groups in total. The molecular formula is C14H19N3O2. The summed E-state index contributed by atoms with van der Waals surface area (Å²) in [5, 5.41) is 5.45. The van der Waals surface area contributed by atoms with Crippen molar-refractivity contribution >= 4 is 11.8 Å². The fourth-order valence-corrected chi connectivity index (χ4v) is 2.15. The van der Waals surface area contributed by atoms with Crippen LogP contribution in [0.15, 0.2) is 30.3 Å². The molecule has 2 atom stereocenters. The Kier molecular flexibility index (Phi) is 4.52. The Hall–Kier alpha value is -1.88. The van der Waals surface area contributed by atoms with Crippen molar-refractivity contribution in [1.29, 1.82) is 0 Å². The zero-order valence-corrected chi connectivity index (χ0v) is 10.8. The molecule has 19 heavy (non-hydrogen) atoms. The van der Waals surface area contributed by atoms with Gasteiger partial charge in [0.2, 0.25) is 11.8 Å². The van der Waals surface area contributed by atoms with E-state index in [1.54, 1.807) is 0 Å². The molecule has 1 aromatic carbocycles. The van der Waals surface area contributed by atoms with Crippen molar-refractivity contribution in [2.75, 3.05) is 6.54 Å². The van der Waals surface area contributed by atoms with Gasteiger partial charge in [-0.3, -0.25) is 9.59 Å². The molecule has 1 aliphatic heterocycles. The monoisotopic (exact) mass is 261 g/mol. The third kappa shape index (κ3) is 3.79. The lowest BCUT2D eigenvalue weighted by Gasteiger charge is -2.14. The predicted molar refractivity (Wildman–Crippen MR) is 72.2 cm³/mol. The van der Waals surface area contributed by atoms with Crippen LogP contribution in [0, 0.1) is 0 Å². The summed E-state index contributed by atoms with van der Waals surface area (Å²) in [5.74, 6) is -0.174. The lowest BCUT2D eigenvalue weighted by molar-refractivity contribution is -0.125. The van der Waals surface area contributed by atoms with Crippen LogP contribution < -0.4 is 16.4 Å². The minimum Gasteiger partial charge on any atom is -0.354 e. The molecule has 0 spiro atoms. The number of amides is 2. The molecule has 5 nitrogen and oxygen atoms in total. The summed E-state index contributed by atoms with van der Waals surface area (Å²) < 4.78 is 0. The molecule has 2 rings (SSSR count). The first kappa shape index (κ1) is 13.5. The molecule has 1 unspecified atom stereocenters. The van der Waals surface area contributed by atoms with Crippen LogP contribution in [-0.4, -0.2) is 24.4 Å². The van der Waals surface area contributed by atoms with Gasteiger partial charge in [-0.25, -0.2) is 0 Å². The zero-order chi connectivity index (χ0) is 13.7. The summed E-state index contributed by atoms with van der Waals surface area (Å²) in [6.45, 7) is 0.515. The molecule has 1 saturated heterocycles. The van der Waals surface area contributed by atoms with E-state index in [0.29, 0.717) is 25.8 Å². The highest BCUT2D eigenvalue weighted by Crippen LogP contribution is 2.12. The van der Waals surface area contributed by atoms with Gasteiger partial charge in [-0.1, -0.05) is 30.3 Å². The predicted octanol–water partition coefficient (Wildman–Crippen LogP) is 0.471. The highest BCUT2D eigenvalue weighted by atomic mass is 16.2. The number of hydrogen-bond acceptors (Lipinski definition) is 3. The van der Waals surface area contributed by atoms with Gasteiger partial charge in [-0.05, 0) is 18.4 Å². The van der Waals surface area contributed by atoms with Gasteiger partial charge in [-0.15, -0.1) is 0 Å². The summed E-state index contributed by atoms with van der Waals surface area (Å²) in [5.41, 5.74) is 7.10. The fourth-order valence-electron chi connectivity index (χ4n) is 2.15. The van der Waals surface area contributed by atoms with E-state index in [1.807, 2.05) is 30.3 Å². The maximum absolute atomic E-state index is 11.7. The minimum absolute atomic E-state index is 0.0545. The molecule has 102 valence electrons. The van der Waals surface area contributed by atoms with Crippen molar-refractivity contribution in [3.63, 3.8) is 0 Å². The van der Waals surface area contributed by atoms with Crippen molar-refractivity contribution < 1.29 is 9.59 Å². The van der Waals surface area contributed by atoms with Gasteiger partial charge in [0.25, 0.3) is 0 Å². The Labute approximate surface area is 112 Å². The maximum Gasteiger partial charge on any atom is 0.242 e. The summed E-state index contributed by atoms with van der Waals surface area (Å²) in [7, 11) is 0. The average Bonchev–Trinajstić information content (AvgIpc) is 2.86. The zero-order valence-electron chi connectivity index (χ0n) is 10.8. The second kappa shape index (κ2) is 6.33. The topological polar surface area (TPSA) is 84.2 Å². The fraction of sp³-hybridized carbons (Fsp3) is 0.429. The summed E-state index contributed by atoms with van der Waals surface area (Å²) in [6, 6.07) is 9.33. The first-order valence-corrected chi connectivity index (χ1v) is 6.54. The van der Waals surface area contributed by atoms with Gasteiger partial charge in [0.15, 0.2) is 0 Å². The number of carbonyl (C=O) groups excluding carboxylic acids is 2. The summed E-state index contributed by atoms with van der Waals surface area (Å²) in [4.78, 5) is 22.8. The quantitative estimate of drug-likeness (QED) is 0.720. The molecule has 1 fully saturated rings. The van der Waals surface area contributed by atoms with E-state index >= 15 is 0 Å². The minimum atomic E-state index is -0.375. The average molecular weight is 261 g/mol. The first-order valence-electron chi connectivity index (χ1n) is 6.54. The number of nitrogens with two attached hydrogens (primary N) is 1. The lowest BCUT2D eigenvalue weighted by Crippen LogP contribution is -2.42. The molecule has 1 heterocycles. The van der Waals surface area contributed by atoms with Gasteiger partial charge >= 0.3 is 0 Å². The van der Waals surface area contributed by atoms with Crippen LogP contribution in [0.4, 0.5) is 0 Å². The lowest BCUT2D eigenvalue weighted by atomic mass is 10.1. The van der Waals surface area contributed by atoms with E-state index in [0.717, 1.165) is 5.56 Å². The van der Waals surface area contributed by atoms with E-state index in [-0.39, 0.29) is 23.9 Å². The van der Waals surface area contributed by atoms with E-state index < -0.39 is 0 Å². The Bertz CT molecular complexity index is 447. The van der Waals surface area contributed by atoms with Crippen molar-refractivity contribution in [3.8, 4) is 0 Å². The van der Waals surface area contributed by atoms with Crippen molar-refractivity contribution in [2.24, 2.45) is 5.73 Å². The van der Waals surface area contributed by atoms with E-state index in [9.17, 15) is 9.59 Å². The van der Waals surface area contributed by atoms with Gasteiger partial charge in [0, 0.05) is 19.0 Å². The molecule has 2 amide bonds. The third-order valence-electron chi connectivity index (χ3n) is 3.29. The third-order valence-corrected chi connectivity index (χ3v) is 3.29. The largest absolute Gasteiger partial charge is 0.354 e. The van der Waals surface area contributed by atoms with Crippen LogP contribution in [0.2, 0.25) is 0 Å². The van der Waals surface area contributed by atoms with E-state index in [2.05, 4.69) is 10.6 Å². The first-order chi connectivity index (χ1) is 9.16. The van der Waals surface area contributed by atoms with Crippen LogP contribution in [-0.2, 0) is 9.59 Å². The number of hydrogen-bond donors (Lipinski definition) is 3. The van der Waals surface area contributed by atoms with Crippen molar-refractivity contribution in [1.82, 2.24) is 10.6 Å². The molecule has 1 aliphatic rings. The Balaban J connectivity index is 1.72. The van der Waals surface area contributed by atoms with E-state index in [4.69, 9.17) is 5.73 Å². The molecule has 0 saturated carbocycles. The standard InChI is InChI=1S/C14H19N3O2/c15-11(10-4-2-1-3-5-10)8-9-16-14(19)12-6-7-13(18)17-12/h1-5,11-12H,6-9,15H2,(H,16,19)(H,17,18)/t11?,12-/m0/s1. The number of nitrogens with one attached hydrogen (secondary N) is 2. The molecule has 1 aromatic rings. The van der Waals surface area contributed by atoms with Crippen molar-refractivity contribution in [2.45, 2.75) is 31.3 Å². The van der Waals surface area contributed by atoms with Crippen LogP contribution in [0.5, 0.6) is 0 Å². The highest BCUT2D eigenvalue weighted by molar-refractivity contribution is 5.90. The molecule has 0 bridgehead atoms. The summed E-state index contributed by atoms with van der Waals surface area (Å²) in [6.07, 6.45) is 1.69. The van der Waals surface area contributed by atoms with Crippen LogP contribution >= 0.6 is 0 Å². The highest BCUT2D eigenvalue weighted by Gasteiger charge is 2.26. The second-order valence-electron chi connectivity index (χ2n) is 4.76. The van der Waals surface area contributed by atoms with Crippen LogP contribution in [0.1, 0.15) is 30.9 Å². The SMILES string of the molecule is NC(CCNC(=O)[C@@H]1CCC(=O)N1)c1ccccc1. The number of benzene rings is 1. The molecule has 0 radical (unpaired) electrons. The Morgan fingerprint density at radius 3 is 2.79 bits per heavy atom. The number of carbonyl (C=O) groups is 2. The van der Waals surface area contributed by atoms with Gasteiger partial charge in [-0.2, -0.15) is 0 Å². The Morgan fingerprint density at radius 1 is 1.42 bits per heavy atom. The van der Waals surface area contributed by atoms with Gasteiger partial charge in [0.05, 0.1) is 0 Å². The maximum atomic E-state index is 11.7. The van der Waals surface area contributed by atoms with Gasteiger partial charge < -0.3 is 16.4 Å². The van der Waals surface area contributed by atoms with Crippen LogP contribution in [0.25, 0.3) is 0 Å². The number of rotatable bonds is 5. The Morgan fingerprint density at radius 2 is 2.16 bits per heavy atom. The summed E-state index contributed by atoms with van der Waals surface area (Å²) >= 11 is 0.